The fraction of sp³-hybridized carbons (Fsp3) is 0.923. The van der Waals surface area contributed by atoms with E-state index in [1.165, 1.54) is 12.8 Å². The maximum atomic E-state index is 12.1. The minimum absolute atomic E-state index is 0.0861. The number of rotatable bonds is 6. The van der Waals surface area contributed by atoms with Gasteiger partial charge in [0.2, 0.25) is 5.91 Å². The molecule has 3 heteroatoms. The minimum Gasteiger partial charge on any atom is -0.395 e. The van der Waals surface area contributed by atoms with Crippen molar-refractivity contribution in [2.24, 2.45) is 5.92 Å². The molecule has 0 spiro atoms. The van der Waals surface area contributed by atoms with Crippen molar-refractivity contribution >= 4 is 5.91 Å². The van der Waals surface area contributed by atoms with Crippen LogP contribution < -0.4 is 0 Å². The van der Waals surface area contributed by atoms with Crippen molar-refractivity contribution in [3.63, 3.8) is 0 Å². The first-order valence-electron chi connectivity index (χ1n) is 6.59. The molecule has 0 radical (unpaired) electrons. The van der Waals surface area contributed by atoms with Crippen molar-refractivity contribution in [3.05, 3.63) is 0 Å². The number of hydrogen-bond acceptors (Lipinski definition) is 2. The van der Waals surface area contributed by atoms with Crippen LogP contribution in [0.2, 0.25) is 0 Å². The molecule has 3 nitrogen and oxygen atoms in total. The Bertz CT molecular complexity index is 212. The quantitative estimate of drug-likeness (QED) is 0.755. The third-order valence-corrected chi connectivity index (χ3v) is 3.65. The SMILES string of the molecule is CCC(C)CC(=O)N(CCO)C1CCCC1. The number of carbonyl (C=O) groups excluding carboxylic acids is 1. The number of hydrogen-bond donors (Lipinski definition) is 1. The molecule has 1 amide bonds. The molecular formula is C13H25NO2. The van der Waals surface area contributed by atoms with Crippen LogP contribution in [0.15, 0.2) is 0 Å². The van der Waals surface area contributed by atoms with Crippen LogP contribution in [-0.2, 0) is 4.79 Å². The Hall–Kier alpha value is -0.570. The zero-order valence-electron chi connectivity index (χ0n) is 10.6. The lowest BCUT2D eigenvalue weighted by atomic mass is 10.0. The standard InChI is InChI=1S/C13H25NO2/c1-3-11(2)10-13(16)14(8-9-15)12-6-4-5-7-12/h11-12,15H,3-10H2,1-2H3. The molecule has 0 aromatic carbocycles. The van der Waals surface area contributed by atoms with E-state index in [9.17, 15) is 4.79 Å². The van der Waals surface area contributed by atoms with Crippen LogP contribution in [-0.4, -0.2) is 35.1 Å². The van der Waals surface area contributed by atoms with Gasteiger partial charge in [0, 0.05) is 19.0 Å². The smallest absolute Gasteiger partial charge is 0.223 e. The van der Waals surface area contributed by atoms with Gasteiger partial charge in [0.15, 0.2) is 0 Å². The summed E-state index contributed by atoms with van der Waals surface area (Å²) in [5.74, 6) is 0.686. The first-order chi connectivity index (χ1) is 7.69. The van der Waals surface area contributed by atoms with Gasteiger partial charge in [-0.2, -0.15) is 0 Å². The first-order valence-corrected chi connectivity index (χ1v) is 6.59. The lowest BCUT2D eigenvalue weighted by Gasteiger charge is -2.29. The maximum Gasteiger partial charge on any atom is 0.223 e. The molecule has 1 saturated carbocycles. The minimum atomic E-state index is 0.0861. The molecule has 1 rings (SSSR count). The molecule has 1 atom stereocenters. The lowest BCUT2D eigenvalue weighted by Crippen LogP contribution is -2.41. The van der Waals surface area contributed by atoms with Gasteiger partial charge in [-0.25, -0.2) is 0 Å². The van der Waals surface area contributed by atoms with Crippen LogP contribution in [0.4, 0.5) is 0 Å². The van der Waals surface area contributed by atoms with Gasteiger partial charge in [-0.1, -0.05) is 33.1 Å². The van der Waals surface area contributed by atoms with E-state index in [1.807, 2.05) is 4.90 Å². The normalized spacial score (nSPS) is 18.7. The van der Waals surface area contributed by atoms with Crippen LogP contribution in [0, 0.1) is 5.92 Å². The fourth-order valence-electron chi connectivity index (χ4n) is 2.39. The van der Waals surface area contributed by atoms with Crippen molar-refractivity contribution in [2.45, 2.75) is 58.4 Å². The van der Waals surface area contributed by atoms with E-state index in [0.717, 1.165) is 19.3 Å². The molecule has 1 N–H and O–H groups in total. The molecular weight excluding hydrogens is 202 g/mol. The van der Waals surface area contributed by atoms with Crippen molar-refractivity contribution in [3.8, 4) is 0 Å². The van der Waals surface area contributed by atoms with E-state index in [1.54, 1.807) is 0 Å². The fourth-order valence-corrected chi connectivity index (χ4v) is 2.39. The average molecular weight is 227 g/mol. The van der Waals surface area contributed by atoms with Crippen molar-refractivity contribution in [1.29, 1.82) is 0 Å². The number of carbonyl (C=O) groups is 1. The molecule has 16 heavy (non-hydrogen) atoms. The molecule has 1 aliphatic rings. The third-order valence-electron chi connectivity index (χ3n) is 3.65. The second kappa shape index (κ2) is 6.89. The van der Waals surface area contributed by atoms with Gasteiger partial charge in [0.05, 0.1) is 6.61 Å². The highest BCUT2D eigenvalue weighted by Crippen LogP contribution is 2.24. The van der Waals surface area contributed by atoms with Crippen LogP contribution in [0.1, 0.15) is 52.4 Å². The Morgan fingerprint density at radius 1 is 1.44 bits per heavy atom. The summed E-state index contributed by atoms with van der Waals surface area (Å²) >= 11 is 0. The number of aliphatic hydroxyl groups is 1. The Morgan fingerprint density at radius 2 is 2.06 bits per heavy atom. The van der Waals surface area contributed by atoms with Gasteiger partial charge >= 0.3 is 0 Å². The van der Waals surface area contributed by atoms with E-state index in [-0.39, 0.29) is 12.5 Å². The average Bonchev–Trinajstić information content (AvgIpc) is 2.78. The molecule has 0 heterocycles. The van der Waals surface area contributed by atoms with Gasteiger partial charge in [0.1, 0.15) is 0 Å². The van der Waals surface area contributed by atoms with Gasteiger partial charge < -0.3 is 10.0 Å². The topological polar surface area (TPSA) is 40.5 Å². The summed E-state index contributed by atoms with van der Waals surface area (Å²) in [5.41, 5.74) is 0. The summed E-state index contributed by atoms with van der Waals surface area (Å²) in [4.78, 5) is 14.0. The number of aliphatic hydroxyl groups excluding tert-OH is 1. The second-order valence-corrected chi connectivity index (χ2v) is 4.97. The zero-order chi connectivity index (χ0) is 12.0. The van der Waals surface area contributed by atoms with Gasteiger partial charge in [-0.15, -0.1) is 0 Å². The predicted molar refractivity (Wildman–Crippen MR) is 65.1 cm³/mol. The van der Waals surface area contributed by atoms with E-state index < -0.39 is 0 Å². The van der Waals surface area contributed by atoms with Gasteiger partial charge in [-0.3, -0.25) is 4.79 Å². The maximum absolute atomic E-state index is 12.1. The lowest BCUT2D eigenvalue weighted by molar-refractivity contribution is -0.135. The third kappa shape index (κ3) is 3.78. The summed E-state index contributed by atoms with van der Waals surface area (Å²) in [6.07, 6.45) is 6.36. The van der Waals surface area contributed by atoms with Gasteiger partial charge in [-0.05, 0) is 18.8 Å². The zero-order valence-corrected chi connectivity index (χ0v) is 10.6. The van der Waals surface area contributed by atoms with Crippen LogP contribution >= 0.6 is 0 Å². The summed E-state index contributed by atoms with van der Waals surface area (Å²) in [7, 11) is 0. The van der Waals surface area contributed by atoms with Gasteiger partial charge in [0.25, 0.3) is 0 Å². The van der Waals surface area contributed by atoms with Crippen LogP contribution in [0.25, 0.3) is 0 Å². The second-order valence-electron chi connectivity index (χ2n) is 4.97. The largest absolute Gasteiger partial charge is 0.395 e. The summed E-state index contributed by atoms with van der Waals surface area (Å²) in [6, 6.07) is 0.392. The Balaban J connectivity index is 2.50. The van der Waals surface area contributed by atoms with Crippen LogP contribution in [0.5, 0.6) is 0 Å². The van der Waals surface area contributed by atoms with Crippen molar-refractivity contribution in [2.75, 3.05) is 13.2 Å². The monoisotopic (exact) mass is 227 g/mol. The van der Waals surface area contributed by atoms with Crippen molar-refractivity contribution in [1.82, 2.24) is 4.90 Å². The molecule has 0 aromatic rings. The summed E-state index contributed by atoms with van der Waals surface area (Å²) in [5, 5.41) is 9.04. The molecule has 0 saturated heterocycles. The first kappa shape index (κ1) is 13.5. The van der Waals surface area contributed by atoms with E-state index in [4.69, 9.17) is 5.11 Å². The highest BCUT2D eigenvalue weighted by atomic mass is 16.3. The molecule has 1 fully saturated rings. The molecule has 0 aliphatic heterocycles. The Labute approximate surface area is 98.8 Å². The summed E-state index contributed by atoms with van der Waals surface area (Å²) < 4.78 is 0. The van der Waals surface area contributed by atoms with Crippen LogP contribution in [0.3, 0.4) is 0 Å². The summed E-state index contributed by atoms with van der Waals surface area (Å²) in [6.45, 7) is 4.83. The Kier molecular flexibility index (Phi) is 5.81. The van der Waals surface area contributed by atoms with E-state index in [2.05, 4.69) is 13.8 Å². The highest BCUT2D eigenvalue weighted by molar-refractivity contribution is 5.76. The highest BCUT2D eigenvalue weighted by Gasteiger charge is 2.26. The molecule has 1 unspecified atom stereocenters. The van der Waals surface area contributed by atoms with Crippen molar-refractivity contribution < 1.29 is 9.90 Å². The predicted octanol–water partition coefficient (Wildman–Crippen LogP) is 2.19. The Morgan fingerprint density at radius 3 is 2.56 bits per heavy atom. The number of amides is 1. The molecule has 0 bridgehead atoms. The van der Waals surface area contributed by atoms with E-state index in [0.29, 0.717) is 24.9 Å². The number of nitrogens with zero attached hydrogens (tertiary/aromatic N) is 1. The van der Waals surface area contributed by atoms with E-state index >= 15 is 0 Å². The molecule has 1 aliphatic carbocycles. The molecule has 0 aromatic heterocycles. The molecule has 94 valence electrons.